The van der Waals surface area contributed by atoms with Gasteiger partial charge in [0.05, 0.1) is 7.11 Å². The minimum absolute atomic E-state index is 0.243. The summed E-state index contributed by atoms with van der Waals surface area (Å²) in [5.41, 5.74) is 2.32. The van der Waals surface area contributed by atoms with Crippen molar-refractivity contribution in [1.29, 1.82) is 0 Å². The Labute approximate surface area is 168 Å². The Bertz CT molecular complexity index is 693. The molecule has 0 aliphatic carbocycles. The van der Waals surface area contributed by atoms with Gasteiger partial charge < -0.3 is 19.5 Å². The number of pyridine rings is 1. The molecule has 0 bridgehead atoms. The van der Waals surface area contributed by atoms with Gasteiger partial charge in [0, 0.05) is 32.0 Å². The molecule has 0 aliphatic heterocycles. The third-order valence-corrected chi connectivity index (χ3v) is 4.65. The number of aliphatic hydroxyl groups excluding tert-OH is 1. The summed E-state index contributed by atoms with van der Waals surface area (Å²) in [6, 6.07) is 9.97. The van der Waals surface area contributed by atoms with Gasteiger partial charge in [-0.15, -0.1) is 0 Å². The lowest BCUT2D eigenvalue weighted by molar-refractivity contribution is 0.0705. The van der Waals surface area contributed by atoms with Gasteiger partial charge in [-0.1, -0.05) is 26.0 Å². The van der Waals surface area contributed by atoms with Crippen LogP contribution in [0.1, 0.15) is 25.0 Å². The number of aromatic nitrogens is 1. The van der Waals surface area contributed by atoms with Gasteiger partial charge in [-0.05, 0) is 49.5 Å². The van der Waals surface area contributed by atoms with Crippen LogP contribution in [0.15, 0.2) is 42.7 Å². The van der Waals surface area contributed by atoms with Gasteiger partial charge in [-0.25, -0.2) is 0 Å². The molecule has 0 radical (unpaired) electrons. The van der Waals surface area contributed by atoms with Gasteiger partial charge in [0.2, 0.25) is 0 Å². The summed E-state index contributed by atoms with van der Waals surface area (Å²) in [5, 5.41) is 10.2. The number of rotatable bonds is 12. The number of nitrogens with zero attached hydrogens (tertiary/aromatic N) is 3. The molecule has 6 heteroatoms. The molecule has 1 atom stereocenters. The molecule has 2 rings (SSSR count). The van der Waals surface area contributed by atoms with Crippen LogP contribution in [0.5, 0.6) is 11.5 Å². The van der Waals surface area contributed by atoms with Gasteiger partial charge in [0.15, 0.2) is 11.5 Å². The Morgan fingerprint density at radius 3 is 2.46 bits per heavy atom. The van der Waals surface area contributed by atoms with Crippen LogP contribution < -0.4 is 9.47 Å². The third-order valence-electron chi connectivity index (χ3n) is 4.65. The summed E-state index contributed by atoms with van der Waals surface area (Å²) in [5.74, 6) is 1.34. The lowest BCUT2D eigenvalue weighted by atomic mass is 10.1. The van der Waals surface area contributed by atoms with E-state index in [9.17, 15) is 5.11 Å². The SMILES string of the molecule is CCN(CC)C[C@H](O)COc1ccc(CN(C)Cc2cccnc2)cc1OC. The van der Waals surface area contributed by atoms with Crippen molar-refractivity contribution in [3.8, 4) is 11.5 Å². The molecule has 0 amide bonds. The number of hydrogen-bond donors (Lipinski definition) is 1. The molecule has 1 heterocycles. The zero-order chi connectivity index (χ0) is 20.4. The highest BCUT2D eigenvalue weighted by Gasteiger charge is 2.13. The summed E-state index contributed by atoms with van der Waals surface area (Å²) in [6.45, 7) is 8.46. The topological polar surface area (TPSA) is 58.1 Å². The van der Waals surface area contributed by atoms with E-state index in [2.05, 4.69) is 41.7 Å². The molecule has 154 valence electrons. The second-order valence-corrected chi connectivity index (χ2v) is 6.97. The van der Waals surface area contributed by atoms with Crippen molar-refractivity contribution in [3.63, 3.8) is 0 Å². The summed E-state index contributed by atoms with van der Waals surface area (Å²) in [4.78, 5) is 8.56. The van der Waals surface area contributed by atoms with Crippen LogP contribution >= 0.6 is 0 Å². The molecule has 0 aliphatic rings. The minimum Gasteiger partial charge on any atom is -0.493 e. The summed E-state index contributed by atoms with van der Waals surface area (Å²) in [7, 11) is 3.71. The number of aliphatic hydroxyl groups is 1. The van der Waals surface area contributed by atoms with Gasteiger partial charge in [-0.2, -0.15) is 0 Å². The van der Waals surface area contributed by atoms with E-state index in [0.29, 0.717) is 18.0 Å². The van der Waals surface area contributed by atoms with Crippen LogP contribution in [-0.2, 0) is 13.1 Å². The Balaban J connectivity index is 1.92. The first-order valence-corrected chi connectivity index (χ1v) is 9.83. The van der Waals surface area contributed by atoms with Crippen LogP contribution in [0.2, 0.25) is 0 Å². The van der Waals surface area contributed by atoms with Crippen molar-refractivity contribution >= 4 is 0 Å². The molecule has 28 heavy (non-hydrogen) atoms. The largest absolute Gasteiger partial charge is 0.493 e. The predicted molar refractivity (Wildman–Crippen MR) is 112 cm³/mol. The average Bonchev–Trinajstić information content (AvgIpc) is 2.71. The van der Waals surface area contributed by atoms with E-state index in [1.54, 1.807) is 13.3 Å². The Kier molecular flexibility index (Phi) is 9.20. The third kappa shape index (κ3) is 7.11. The molecule has 6 nitrogen and oxygen atoms in total. The van der Waals surface area contributed by atoms with Crippen molar-refractivity contribution in [1.82, 2.24) is 14.8 Å². The average molecular weight is 388 g/mol. The number of ether oxygens (including phenoxy) is 2. The maximum Gasteiger partial charge on any atom is 0.161 e. The standard InChI is InChI=1S/C22H33N3O3/c1-5-25(6-2)16-20(26)17-28-21-10-9-18(12-22(21)27-4)14-24(3)15-19-8-7-11-23-13-19/h7-13,20,26H,5-6,14-17H2,1-4H3/t20-/m0/s1. The normalized spacial score (nSPS) is 12.4. The van der Waals surface area contributed by atoms with E-state index in [0.717, 1.165) is 31.7 Å². The molecule has 0 fully saturated rings. The van der Waals surface area contributed by atoms with Crippen molar-refractivity contribution in [3.05, 3.63) is 53.9 Å². The van der Waals surface area contributed by atoms with Gasteiger partial charge in [-0.3, -0.25) is 9.88 Å². The summed E-state index contributed by atoms with van der Waals surface area (Å²) < 4.78 is 11.3. The number of likely N-dealkylation sites (N-methyl/N-ethyl adjacent to an activating group) is 1. The highest BCUT2D eigenvalue weighted by Crippen LogP contribution is 2.28. The van der Waals surface area contributed by atoms with Gasteiger partial charge in [0.25, 0.3) is 0 Å². The fourth-order valence-electron chi connectivity index (χ4n) is 3.12. The van der Waals surface area contributed by atoms with Crippen LogP contribution in [0.4, 0.5) is 0 Å². The number of benzene rings is 1. The Morgan fingerprint density at radius 1 is 1.07 bits per heavy atom. The van der Waals surface area contributed by atoms with Gasteiger partial charge in [0.1, 0.15) is 12.7 Å². The Morgan fingerprint density at radius 2 is 1.82 bits per heavy atom. The molecule has 2 aromatic rings. The fraction of sp³-hybridized carbons (Fsp3) is 0.500. The lowest BCUT2D eigenvalue weighted by Gasteiger charge is -2.22. The molecule has 1 aromatic carbocycles. The molecule has 1 N–H and O–H groups in total. The van der Waals surface area contributed by atoms with Crippen molar-refractivity contribution in [2.24, 2.45) is 0 Å². The fourth-order valence-corrected chi connectivity index (χ4v) is 3.12. The van der Waals surface area contributed by atoms with Gasteiger partial charge >= 0.3 is 0 Å². The van der Waals surface area contributed by atoms with Crippen LogP contribution in [0, 0.1) is 0 Å². The van der Waals surface area contributed by atoms with E-state index in [1.165, 1.54) is 5.56 Å². The molecule has 0 spiro atoms. The van der Waals surface area contributed by atoms with Crippen molar-refractivity contribution < 1.29 is 14.6 Å². The maximum atomic E-state index is 10.2. The van der Waals surface area contributed by atoms with E-state index in [1.807, 2.05) is 30.5 Å². The molecular weight excluding hydrogens is 354 g/mol. The zero-order valence-electron chi connectivity index (χ0n) is 17.5. The summed E-state index contributed by atoms with van der Waals surface area (Å²) in [6.07, 6.45) is 3.14. The Hall–Kier alpha value is -2.15. The first-order chi connectivity index (χ1) is 13.5. The molecular formula is C22H33N3O3. The van der Waals surface area contributed by atoms with Crippen LogP contribution in [-0.4, -0.2) is 66.4 Å². The van der Waals surface area contributed by atoms with Crippen molar-refractivity contribution in [2.75, 3.05) is 40.4 Å². The second kappa shape index (κ2) is 11.6. The first-order valence-electron chi connectivity index (χ1n) is 9.83. The molecule has 0 saturated carbocycles. The minimum atomic E-state index is -0.533. The first kappa shape index (κ1) is 22.1. The van der Waals surface area contributed by atoms with E-state index < -0.39 is 6.10 Å². The van der Waals surface area contributed by atoms with E-state index in [4.69, 9.17) is 9.47 Å². The lowest BCUT2D eigenvalue weighted by Crippen LogP contribution is -2.35. The molecule has 0 unspecified atom stereocenters. The zero-order valence-corrected chi connectivity index (χ0v) is 17.5. The number of hydrogen-bond acceptors (Lipinski definition) is 6. The van der Waals surface area contributed by atoms with Crippen molar-refractivity contribution in [2.45, 2.75) is 33.0 Å². The monoisotopic (exact) mass is 387 g/mol. The van der Waals surface area contributed by atoms with E-state index in [-0.39, 0.29) is 6.61 Å². The summed E-state index contributed by atoms with van der Waals surface area (Å²) >= 11 is 0. The maximum absolute atomic E-state index is 10.2. The number of methoxy groups -OCH3 is 1. The highest BCUT2D eigenvalue weighted by atomic mass is 16.5. The highest BCUT2D eigenvalue weighted by molar-refractivity contribution is 5.43. The van der Waals surface area contributed by atoms with Crippen LogP contribution in [0.3, 0.4) is 0 Å². The molecule has 0 saturated heterocycles. The smallest absolute Gasteiger partial charge is 0.161 e. The van der Waals surface area contributed by atoms with Crippen LogP contribution in [0.25, 0.3) is 0 Å². The second-order valence-electron chi connectivity index (χ2n) is 6.97. The molecule has 1 aromatic heterocycles. The van der Waals surface area contributed by atoms with E-state index >= 15 is 0 Å². The predicted octanol–water partition coefficient (Wildman–Crippen LogP) is 2.80. The quantitative estimate of drug-likeness (QED) is 0.604.